The van der Waals surface area contributed by atoms with Crippen molar-refractivity contribution >= 4 is 22.8 Å². The molecule has 6 nitrogen and oxygen atoms in total. The molecule has 3 aromatic heterocycles. The molecule has 1 fully saturated rings. The Balaban J connectivity index is 1.67. The van der Waals surface area contributed by atoms with Gasteiger partial charge in [-0.05, 0) is 31.0 Å². The first-order valence-corrected chi connectivity index (χ1v) is 9.83. The largest absolute Gasteiger partial charge is 0.433 e. The Kier molecular flexibility index (Phi) is 5.78. The van der Waals surface area contributed by atoms with Crippen molar-refractivity contribution in [1.82, 2.24) is 19.9 Å². The van der Waals surface area contributed by atoms with Crippen LogP contribution in [0, 0.1) is 0 Å². The fourth-order valence-corrected chi connectivity index (χ4v) is 3.81. The second-order valence-electron chi connectivity index (χ2n) is 7.42. The highest BCUT2D eigenvalue weighted by atomic mass is 19.4. The van der Waals surface area contributed by atoms with Gasteiger partial charge in [0, 0.05) is 37.1 Å². The van der Waals surface area contributed by atoms with Gasteiger partial charge in [0.2, 0.25) is 5.95 Å². The van der Waals surface area contributed by atoms with Crippen LogP contribution in [0.15, 0.2) is 36.7 Å². The number of aromatic nitrogens is 4. The summed E-state index contributed by atoms with van der Waals surface area (Å²) in [7, 11) is 0. The van der Waals surface area contributed by atoms with Gasteiger partial charge in [-0.2, -0.15) is 36.3 Å². The van der Waals surface area contributed by atoms with E-state index in [1.807, 2.05) is 0 Å². The molecule has 12 heteroatoms. The maximum absolute atomic E-state index is 13.2. The maximum atomic E-state index is 13.2. The smallest absolute Gasteiger partial charge is 0.365 e. The van der Waals surface area contributed by atoms with Gasteiger partial charge in [-0.15, -0.1) is 0 Å². The first-order chi connectivity index (χ1) is 15.1. The molecule has 170 valence electrons. The van der Waals surface area contributed by atoms with Gasteiger partial charge in [0.15, 0.2) is 5.65 Å². The van der Waals surface area contributed by atoms with Crippen LogP contribution in [0.3, 0.4) is 0 Å². The van der Waals surface area contributed by atoms with Crippen LogP contribution < -0.4 is 10.2 Å². The molecule has 0 amide bonds. The van der Waals surface area contributed by atoms with Crippen LogP contribution >= 0.6 is 0 Å². The predicted molar refractivity (Wildman–Crippen MR) is 105 cm³/mol. The Morgan fingerprint density at radius 2 is 1.75 bits per heavy atom. The summed E-state index contributed by atoms with van der Waals surface area (Å²) in [4.78, 5) is 17.7. The monoisotopic (exact) mass is 456 g/mol. The molecule has 4 heterocycles. The van der Waals surface area contributed by atoms with Crippen LogP contribution in [0.2, 0.25) is 0 Å². The van der Waals surface area contributed by atoms with Crippen LogP contribution in [0.5, 0.6) is 0 Å². The van der Waals surface area contributed by atoms with Crippen molar-refractivity contribution in [3.05, 3.63) is 47.9 Å². The van der Waals surface area contributed by atoms with Gasteiger partial charge >= 0.3 is 12.4 Å². The zero-order chi connectivity index (χ0) is 22.9. The molecular weight excluding hydrogens is 438 g/mol. The summed E-state index contributed by atoms with van der Waals surface area (Å²) in [5, 5.41) is 3.31. The third-order valence-electron chi connectivity index (χ3n) is 5.17. The molecule has 1 N–H and O–H groups in total. The number of anilines is 2. The van der Waals surface area contributed by atoms with E-state index >= 15 is 0 Å². The lowest BCUT2D eigenvalue weighted by Gasteiger charge is -2.26. The number of fused-ring (bicyclic) bond motifs is 1. The molecule has 4 rings (SSSR count). The number of rotatable bonds is 5. The number of nitrogens with one attached hydrogen (secondary N) is 1. The Hall–Kier alpha value is -3.18. The third kappa shape index (κ3) is 4.83. The van der Waals surface area contributed by atoms with Gasteiger partial charge in [0.05, 0.1) is 11.8 Å². The van der Waals surface area contributed by atoms with Crippen molar-refractivity contribution in [2.75, 3.05) is 16.8 Å². The van der Waals surface area contributed by atoms with Crippen molar-refractivity contribution in [2.45, 2.75) is 44.2 Å². The highest BCUT2D eigenvalue weighted by molar-refractivity contribution is 5.87. The highest BCUT2D eigenvalue weighted by Gasteiger charge is 2.38. The topological polar surface area (TPSA) is 66.8 Å². The first-order valence-electron chi connectivity index (χ1n) is 9.83. The molecule has 32 heavy (non-hydrogen) atoms. The predicted octanol–water partition coefficient (Wildman–Crippen LogP) is 4.97. The van der Waals surface area contributed by atoms with E-state index in [0.29, 0.717) is 24.8 Å². The molecule has 0 saturated carbocycles. The molecule has 0 aliphatic carbocycles. The van der Waals surface area contributed by atoms with Crippen molar-refractivity contribution in [3.63, 3.8) is 0 Å². The van der Waals surface area contributed by atoms with Crippen molar-refractivity contribution in [3.8, 4) is 0 Å². The SMILES string of the molecule is FC(F)(F)CC1CCCN1c1nc(NCc2cccnc2C(F)(F)F)c2cccnc2n1. The minimum Gasteiger partial charge on any atom is -0.365 e. The first kappa shape index (κ1) is 22.0. The van der Waals surface area contributed by atoms with Gasteiger partial charge in [0.1, 0.15) is 11.5 Å². The van der Waals surface area contributed by atoms with Gasteiger partial charge in [-0.3, -0.25) is 4.98 Å². The van der Waals surface area contributed by atoms with E-state index in [0.717, 1.165) is 6.20 Å². The molecule has 3 aromatic rings. The van der Waals surface area contributed by atoms with Crippen LogP contribution in [0.1, 0.15) is 30.5 Å². The standard InChI is InChI=1S/C20H18F6N6/c21-19(22,23)10-13-5-3-9-32(13)18-30-16-14(6-2-8-28-16)17(31-18)29-11-12-4-1-7-27-15(12)20(24,25)26/h1-2,4,6-8,13H,3,5,9-11H2,(H,28,29,30,31). The maximum Gasteiger partial charge on any atom is 0.433 e. The van der Waals surface area contributed by atoms with Gasteiger partial charge in [-0.25, -0.2) is 4.98 Å². The summed E-state index contributed by atoms with van der Waals surface area (Å²) in [6, 6.07) is 5.14. The normalized spacial score (nSPS) is 17.2. The lowest BCUT2D eigenvalue weighted by molar-refractivity contribution is -0.142. The lowest BCUT2D eigenvalue weighted by Crippen LogP contribution is -2.34. The van der Waals surface area contributed by atoms with Crippen LogP contribution in [-0.4, -0.2) is 38.7 Å². The van der Waals surface area contributed by atoms with E-state index in [2.05, 4.69) is 25.3 Å². The number of alkyl halides is 6. The molecule has 1 unspecified atom stereocenters. The third-order valence-corrected chi connectivity index (χ3v) is 5.17. The van der Waals surface area contributed by atoms with Crippen LogP contribution in [0.25, 0.3) is 11.0 Å². The zero-order valence-electron chi connectivity index (χ0n) is 16.6. The van der Waals surface area contributed by atoms with Gasteiger partial charge in [-0.1, -0.05) is 6.07 Å². The number of pyridine rings is 2. The quantitative estimate of drug-likeness (QED) is 0.547. The molecule has 0 radical (unpaired) electrons. The van der Waals surface area contributed by atoms with Crippen molar-refractivity contribution in [2.24, 2.45) is 0 Å². The van der Waals surface area contributed by atoms with E-state index in [-0.39, 0.29) is 29.5 Å². The average Bonchev–Trinajstić information content (AvgIpc) is 3.17. The Bertz CT molecular complexity index is 1100. The van der Waals surface area contributed by atoms with E-state index < -0.39 is 30.5 Å². The van der Waals surface area contributed by atoms with E-state index in [1.54, 1.807) is 12.1 Å². The highest BCUT2D eigenvalue weighted by Crippen LogP contribution is 2.34. The summed E-state index contributed by atoms with van der Waals surface area (Å²) < 4.78 is 78.7. The summed E-state index contributed by atoms with van der Waals surface area (Å²) in [6.07, 6.45) is -6.53. The van der Waals surface area contributed by atoms with Gasteiger partial charge < -0.3 is 10.2 Å². The molecule has 1 atom stereocenters. The minimum atomic E-state index is -4.63. The Morgan fingerprint density at radius 1 is 1.00 bits per heavy atom. The fraction of sp³-hybridized carbons (Fsp3) is 0.400. The van der Waals surface area contributed by atoms with E-state index in [1.165, 1.54) is 23.2 Å². The van der Waals surface area contributed by atoms with E-state index in [4.69, 9.17) is 0 Å². The molecule has 1 aliphatic rings. The van der Waals surface area contributed by atoms with Crippen LogP contribution in [0.4, 0.5) is 38.1 Å². The second kappa shape index (κ2) is 8.40. The molecule has 1 saturated heterocycles. The van der Waals surface area contributed by atoms with Gasteiger partial charge in [0.25, 0.3) is 0 Å². The number of hydrogen-bond donors (Lipinski definition) is 1. The lowest BCUT2D eigenvalue weighted by atomic mass is 10.1. The summed E-state index contributed by atoms with van der Waals surface area (Å²) in [6.45, 7) is 0.106. The number of halogens is 6. The number of hydrogen-bond acceptors (Lipinski definition) is 6. The average molecular weight is 456 g/mol. The summed E-state index contributed by atoms with van der Waals surface area (Å²) in [5.74, 6) is 0.250. The Labute approximate surface area is 178 Å². The molecule has 0 spiro atoms. The van der Waals surface area contributed by atoms with Crippen LogP contribution in [-0.2, 0) is 12.7 Å². The zero-order valence-corrected chi connectivity index (χ0v) is 16.6. The minimum absolute atomic E-state index is 0.0627. The fourth-order valence-electron chi connectivity index (χ4n) is 3.81. The molecular formula is C20H18F6N6. The Morgan fingerprint density at radius 3 is 2.50 bits per heavy atom. The van der Waals surface area contributed by atoms with Crippen molar-refractivity contribution in [1.29, 1.82) is 0 Å². The summed E-state index contributed by atoms with van der Waals surface area (Å²) >= 11 is 0. The molecule has 1 aliphatic heterocycles. The van der Waals surface area contributed by atoms with Crippen molar-refractivity contribution < 1.29 is 26.3 Å². The summed E-state index contributed by atoms with van der Waals surface area (Å²) in [5.41, 5.74) is -0.873. The number of nitrogens with zero attached hydrogens (tertiary/aromatic N) is 5. The second-order valence-corrected chi connectivity index (χ2v) is 7.42. The molecule has 0 bridgehead atoms. The van der Waals surface area contributed by atoms with E-state index in [9.17, 15) is 26.3 Å². The molecule has 0 aromatic carbocycles.